The molecule has 2 aromatic carbocycles. The summed E-state index contributed by atoms with van der Waals surface area (Å²) < 4.78 is 13.4. The maximum absolute atomic E-state index is 11.3. The summed E-state index contributed by atoms with van der Waals surface area (Å²) in [5.41, 5.74) is 1.36. The van der Waals surface area contributed by atoms with Crippen molar-refractivity contribution in [1.29, 1.82) is 0 Å². The summed E-state index contributed by atoms with van der Waals surface area (Å²) in [6.07, 6.45) is 1.36. The van der Waals surface area contributed by atoms with Crippen LogP contribution in [-0.2, 0) is 16.2 Å². The first-order valence-electron chi connectivity index (χ1n) is 8.37. The highest BCUT2D eigenvalue weighted by molar-refractivity contribution is 14.1. The number of hydrogen-bond acceptors (Lipinski definition) is 4. The van der Waals surface area contributed by atoms with Crippen LogP contribution in [0.1, 0.15) is 25.0 Å². The summed E-state index contributed by atoms with van der Waals surface area (Å²) in [5, 5.41) is 11.6. The normalized spacial score (nSPS) is 11.1. The van der Waals surface area contributed by atoms with Crippen molar-refractivity contribution in [3.63, 3.8) is 0 Å². The van der Waals surface area contributed by atoms with Gasteiger partial charge in [-0.1, -0.05) is 18.2 Å². The minimum atomic E-state index is -1.23. The topological polar surface area (TPSA) is 84.9 Å². The van der Waals surface area contributed by atoms with Gasteiger partial charge in [-0.05, 0) is 75.3 Å². The van der Waals surface area contributed by atoms with Crippen molar-refractivity contribution >= 4 is 56.5 Å². The van der Waals surface area contributed by atoms with Crippen LogP contribution in [0, 0.1) is 3.57 Å². The molecule has 0 heterocycles. The number of halogens is 2. The molecule has 2 rings (SSSR count). The molecule has 0 saturated carbocycles. The third-order valence-electron chi connectivity index (χ3n) is 3.51. The number of rotatable bonds is 8. The van der Waals surface area contributed by atoms with E-state index in [0.29, 0.717) is 34.7 Å². The Morgan fingerprint density at radius 3 is 2.57 bits per heavy atom. The predicted octanol–water partition coefficient (Wildman–Crippen LogP) is 4.59. The number of carboxylic acid groups (broad SMARTS) is 1. The van der Waals surface area contributed by atoms with E-state index >= 15 is 0 Å². The monoisotopic (exact) mass is 559 g/mol. The van der Waals surface area contributed by atoms with E-state index in [4.69, 9.17) is 9.47 Å². The second-order valence-electron chi connectivity index (χ2n) is 5.69. The quantitative estimate of drug-likeness (QED) is 0.365. The van der Waals surface area contributed by atoms with E-state index in [0.717, 1.165) is 9.13 Å². The number of benzene rings is 2. The minimum absolute atomic E-state index is 0.227. The van der Waals surface area contributed by atoms with Crippen LogP contribution in [0.4, 0.5) is 0 Å². The maximum atomic E-state index is 11.3. The van der Waals surface area contributed by atoms with Crippen LogP contribution in [0.3, 0.4) is 0 Å². The van der Waals surface area contributed by atoms with Crippen LogP contribution in [0.2, 0.25) is 0 Å². The van der Waals surface area contributed by atoms with E-state index < -0.39 is 11.9 Å². The fourth-order valence-corrected chi connectivity index (χ4v) is 3.46. The van der Waals surface area contributed by atoms with Gasteiger partial charge in [0.1, 0.15) is 12.3 Å². The molecule has 2 N–H and O–H groups in total. The SMILES string of the molecule is CCOc1cc(C=C(NC(C)=O)C(=O)O)cc(Br)c1OCc1ccccc1I. The summed E-state index contributed by atoms with van der Waals surface area (Å²) in [7, 11) is 0. The van der Waals surface area contributed by atoms with Gasteiger partial charge in [0.15, 0.2) is 11.5 Å². The fraction of sp³-hybridized carbons (Fsp3) is 0.200. The summed E-state index contributed by atoms with van der Waals surface area (Å²) in [6, 6.07) is 11.3. The lowest BCUT2D eigenvalue weighted by atomic mass is 10.1. The van der Waals surface area contributed by atoms with Gasteiger partial charge in [-0.3, -0.25) is 4.79 Å². The molecule has 2 aromatic rings. The Bertz CT molecular complexity index is 913. The van der Waals surface area contributed by atoms with E-state index in [-0.39, 0.29) is 5.70 Å². The molecule has 0 radical (unpaired) electrons. The zero-order chi connectivity index (χ0) is 20.7. The van der Waals surface area contributed by atoms with Crippen LogP contribution in [0.15, 0.2) is 46.6 Å². The molecule has 0 aliphatic rings. The van der Waals surface area contributed by atoms with Gasteiger partial charge in [0.25, 0.3) is 0 Å². The van der Waals surface area contributed by atoms with Crippen molar-refractivity contribution in [1.82, 2.24) is 5.32 Å². The lowest BCUT2D eigenvalue weighted by molar-refractivity contribution is -0.134. The molecule has 8 heteroatoms. The number of ether oxygens (including phenoxy) is 2. The predicted molar refractivity (Wildman–Crippen MR) is 118 cm³/mol. The summed E-state index contributed by atoms with van der Waals surface area (Å²) in [5.74, 6) is -0.699. The van der Waals surface area contributed by atoms with Gasteiger partial charge in [-0.2, -0.15) is 0 Å². The van der Waals surface area contributed by atoms with E-state index in [1.54, 1.807) is 12.1 Å². The van der Waals surface area contributed by atoms with Crippen LogP contribution in [-0.4, -0.2) is 23.6 Å². The lowest BCUT2D eigenvalue weighted by Gasteiger charge is -2.15. The highest BCUT2D eigenvalue weighted by Gasteiger charge is 2.15. The lowest BCUT2D eigenvalue weighted by Crippen LogP contribution is -2.24. The Balaban J connectivity index is 2.36. The zero-order valence-corrected chi connectivity index (χ0v) is 19.0. The van der Waals surface area contributed by atoms with Crippen molar-refractivity contribution in [3.05, 3.63) is 61.3 Å². The Kier molecular flexibility index (Phi) is 8.31. The molecule has 0 saturated heterocycles. The summed E-state index contributed by atoms with van der Waals surface area (Å²) in [6.45, 7) is 3.87. The third kappa shape index (κ3) is 6.23. The van der Waals surface area contributed by atoms with E-state index in [1.807, 2.05) is 31.2 Å². The molecule has 0 fully saturated rings. The van der Waals surface area contributed by atoms with Gasteiger partial charge < -0.3 is 19.9 Å². The number of nitrogens with one attached hydrogen (secondary N) is 1. The number of amides is 1. The minimum Gasteiger partial charge on any atom is -0.490 e. The molecule has 0 bridgehead atoms. The average molecular weight is 560 g/mol. The first kappa shape index (κ1) is 22.2. The summed E-state index contributed by atoms with van der Waals surface area (Å²) in [4.78, 5) is 22.6. The van der Waals surface area contributed by atoms with Gasteiger partial charge in [0.2, 0.25) is 5.91 Å². The van der Waals surface area contributed by atoms with Gasteiger partial charge in [0, 0.05) is 16.1 Å². The number of hydrogen-bond donors (Lipinski definition) is 2. The number of carboxylic acids is 1. The second kappa shape index (κ2) is 10.5. The number of carbonyl (C=O) groups is 2. The molecule has 148 valence electrons. The molecule has 0 spiro atoms. The van der Waals surface area contributed by atoms with Crippen molar-refractivity contribution in [2.45, 2.75) is 20.5 Å². The first-order chi connectivity index (χ1) is 13.3. The Morgan fingerprint density at radius 1 is 1.25 bits per heavy atom. The zero-order valence-electron chi connectivity index (χ0n) is 15.3. The van der Waals surface area contributed by atoms with E-state index in [2.05, 4.69) is 43.8 Å². The molecule has 1 amide bonds. The summed E-state index contributed by atoms with van der Waals surface area (Å²) >= 11 is 5.72. The van der Waals surface area contributed by atoms with Gasteiger partial charge in [-0.15, -0.1) is 0 Å². The molecular formula is C20H19BrINO5. The fourth-order valence-electron chi connectivity index (χ4n) is 2.35. The van der Waals surface area contributed by atoms with Crippen molar-refractivity contribution < 1.29 is 24.2 Å². The number of aliphatic carboxylic acids is 1. The molecule has 0 aliphatic carbocycles. The highest BCUT2D eigenvalue weighted by atomic mass is 127. The van der Waals surface area contributed by atoms with E-state index in [9.17, 15) is 14.7 Å². The molecular weight excluding hydrogens is 541 g/mol. The van der Waals surface area contributed by atoms with E-state index in [1.165, 1.54) is 13.0 Å². The van der Waals surface area contributed by atoms with Crippen LogP contribution < -0.4 is 14.8 Å². The smallest absolute Gasteiger partial charge is 0.352 e. The van der Waals surface area contributed by atoms with Gasteiger partial charge in [-0.25, -0.2) is 4.79 Å². The van der Waals surface area contributed by atoms with Crippen molar-refractivity contribution in [2.75, 3.05) is 6.61 Å². The van der Waals surface area contributed by atoms with Crippen molar-refractivity contribution in [2.24, 2.45) is 0 Å². The van der Waals surface area contributed by atoms with Gasteiger partial charge in [0.05, 0.1) is 11.1 Å². The van der Waals surface area contributed by atoms with Crippen LogP contribution in [0.25, 0.3) is 6.08 Å². The first-order valence-corrected chi connectivity index (χ1v) is 10.2. The average Bonchev–Trinajstić information content (AvgIpc) is 2.61. The Morgan fingerprint density at radius 2 is 1.96 bits per heavy atom. The second-order valence-corrected chi connectivity index (χ2v) is 7.70. The van der Waals surface area contributed by atoms with Gasteiger partial charge >= 0.3 is 5.97 Å². The van der Waals surface area contributed by atoms with Crippen LogP contribution >= 0.6 is 38.5 Å². The molecule has 0 aromatic heterocycles. The maximum Gasteiger partial charge on any atom is 0.352 e. The largest absolute Gasteiger partial charge is 0.490 e. The third-order valence-corrected chi connectivity index (χ3v) is 5.16. The molecule has 28 heavy (non-hydrogen) atoms. The Hall–Kier alpha value is -2.07. The molecule has 0 aliphatic heterocycles. The molecule has 0 atom stereocenters. The standard InChI is InChI=1S/C20H19BrINO5/c1-3-27-18-10-13(9-17(20(25)26)23-12(2)24)8-15(21)19(18)28-11-14-6-4-5-7-16(14)22/h4-10H,3,11H2,1-2H3,(H,23,24)(H,25,26). The Labute approximate surface area is 185 Å². The number of carbonyl (C=O) groups excluding carboxylic acids is 1. The molecule has 0 unspecified atom stereocenters. The van der Waals surface area contributed by atoms with Crippen LogP contribution in [0.5, 0.6) is 11.5 Å². The molecule has 6 nitrogen and oxygen atoms in total. The highest BCUT2D eigenvalue weighted by Crippen LogP contribution is 2.38. The van der Waals surface area contributed by atoms with Crippen molar-refractivity contribution in [3.8, 4) is 11.5 Å².